The first-order valence-corrected chi connectivity index (χ1v) is 6.61. The highest BCUT2D eigenvalue weighted by Crippen LogP contribution is 2.26. The van der Waals surface area contributed by atoms with Crippen LogP contribution in [0.3, 0.4) is 0 Å². The molecule has 0 unspecified atom stereocenters. The Hall–Kier alpha value is -1.92. The van der Waals surface area contributed by atoms with Gasteiger partial charge in [0, 0.05) is 9.50 Å². The number of aromatic carboxylic acids is 1. The number of benzene rings is 1. The molecular weight excluding hydrogens is 348 g/mol. The van der Waals surface area contributed by atoms with E-state index >= 15 is 0 Å². The van der Waals surface area contributed by atoms with Crippen LogP contribution in [0.4, 0.5) is 5.69 Å². The monoisotopic (exact) mass is 354 g/mol. The highest BCUT2D eigenvalue weighted by Gasteiger charge is 2.13. The zero-order valence-corrected chi connectivity index (χ0v) is 12.3. The number of halogens is 2. The number of carbonyl (C=O) groups is 2. The van der Waals surface area contributed by atoms with Gasteiger partial charge in [0.2, 0.25) is 0 Å². The number of pyridine rings is 1. The SMILES string of the molecule is O=C(O)c1cccc(C(=O)Nc2cc(Cl)ccc2Br)n1. The Morgan fingerprint density at radius 3 is 2.60 bits per heavy atom. The second-order valence-electron chi connectivity index (χ2n) is 3.79. The maximum Gasteiger partial charge on any atom is 0.354 e. The first kappa shape index (κ1) is 14.5. The van der Waals surface area contributed by atoms with E-state index in [1.54, 1.807) is 18.2 Å². The average molecular weight is 356 g/mol. The number of anilines is 1. The highest BCUT2D eigenvalue weighted by atomic mass is 79.9. The Kier molecular flexibility index (Phi) is 4.36. The lowest BCUT2D eigenvalue weighted by Crippen LogP contribution is -2.15. The molecule has 0 spiro atoms. The molecule has 0 bridgehead atoms. The van der Waals surface area contributed by atoms with Crippen molar-refractivity contribution in [1.29, 1.82) is 0 Å². The van der Waals surface area contributed by atoms with Crippen molar-refractivity contribution >= 4 is 45.1 Å². The maximum atomic E-state index is 12.0. The highest BCUT2D eigenvalue weighted by molar-refractivity contribution is 9.10. The van der Waals surface area contributed by atoms with Crippen molar-refractivity contribution < 1.29 is 14.7 Å². The van der Waals surface area contributed by atoms with Gasteiger partial charge in [-0.05, 0) is 46.3 Å². The maximum absolute atomic E-state index is 12.0. The van der Waals surface area contributed by atoms with E-state index in [9.17, 15) is 9.59 Å². The molecule has 0 atom stereocenters. The number of rotatable bonds is 3. The molecule has 102 valence electrons. The number of carboxylic acid groups (broad SMARTS) is 1. The third kappa shape index (κ3) is 3.34. The molecule has 1 amide bonds. The Morgan fingerprint density at radius 2 is 1.90 bits per heavy atom. The number of amides is 1. The average Bonchev–Trinajstić information content (AvgIpc) is 2.43. The molecule has 2 rings (SSSR count). The third-order valence-corrected chi connectivity index (χ3v) is 3.30. The molecule has 0 fully saturated rings. The fourth-order valence-corrected chi connectivity index (χ4v) is 1.98. The van der Waals surface area contributed by atoms with E-state index in [4.69, 9.17) is 16.7 Å². The van der Waals surface area contributed by atoms with Crippen molar-refractivity contribution in [2.45, 2.75) is 0 Å². The molecule has 0 saturated carbocycles. The van der Waals surface area contributed by atoms with Gasteiger partial charge in [-0.1, -0.05) is 17.7 Å². The largest absolute Gasteiger partial charge is 0.477 e. The minimum absolute atomic E-state index is 0.0109. The molecule has 1 heterocycles. The first-order valence-electron chi connectivity index (χ1n) is 5.44. The second kappa shape index (κ2) is 6.02. The van der Waals surface area contributed by atoms with Gasteiger partial charge in [-0.3, -0.25) is 4.79 Å². The Morgan fingerprint density at radius 1 is 1.20 bits per heavy atom. The second-order valence-corrected chi connectivity index (χ2v) is 5.08. The summed E-state index contributed by atoms with van der Waals surface area (Å²) >= 11 is 9.13. The quantitative estimate of drug-likeness (QED) is 0.884. The minimum atomic E-state index is -1.19. The Labute approximate surface area is 127 Å². The van der Waals surface area contributed by atoms with Gasteiger partial charge in [-0.2, -0.15) is 0 Å². The van der Waals surface area contributed by atoms with Gasteiger partial charge in [-0.15, -0.1) is 0 Å². The predicted molar refractivity (Wildman–Crippen MR) is 78.3 cm³/mol. The van der Waals surface area contributed by atoms with E-state index in [-0.39, 0.29) is 11.4 Å². The van der Waals surface area contributed by atoms with E-state index in [1.165, 1.54) is 18.2 Å². The minimum Gasteiger partial charge on any atom is -0.477 e. The number of nitrogens with zero attached hydrogens (tertiary/aromatic N) is 1. The number of nitrogens with one attached hydrogen (secondary N) is 1. The lowest BCUT2D eigenvalue weighted by Gasteiger charge is -2.07. The summed E-state index contributed by atoms with van der Waals surface area (Å²) in [5.74, 6) is -1.71. The third-order valence-electron chi connectivity index (χ3n) is 2.38. The topological polar surface area (TPSA) is 79.3 Å². The lowest BCUT2D eigenvalue weighted by molar-refractivity contribution is 0.0690. The normalized spacial score (nSPS) is 10.1. The Bertz CT molecular complexity index is 691. The molecule has 0 radical (unpaired) electrons. The van der Waals surface area contributed by atoms with Crippen LogP contribution in [0.5, 0.6) is 0 Å². The van der Waals surface area contributed by atoms with E-state index in [1.807, 2.05) is 0 Å². The number of carbonyl (C=O) groups excluding carboxylic acids is 1. The fourth-order valence-electron chi connectivity index (χ4n) is 1.46. The number of aromatic nitrogens is 1. The zero-order chi connectivity index (χ0) is 14.7. The number of carboxylic acids is 1. The summed E-state index contributed by atoms with van der Waals surface area (Å²) in [5, 5.41) is 11.9. The van der Waals surface area contributed by atoms with Crippen molar-refractivity contribution in [3.05, 3.63) is 57.3 Å². The van der Waals surface area contributed by atoms with Gasteiger partial charge in [-0.25, -0.2) is 9.78 Å². The van der Waals surface area contributed by atoms with Gasteiger partial charge in [0.25, 0.3) is 5.91 Å². The van der Waals surface area contributed by atoms with Crippen LogP contribution in [0.1, 0.15) is 21.0 Å². The molecule has 2 aromatic rings. The predicted octanol–water partition coefficient (Wildman–Crippen LogP) is 3.45. The van der Waals surface area contributed by atoms with Crippen molar-refractivity contribution in [2.24, 2.45) is 0 Å². The zero-order valence-electron chi connectivity index (χ0n) is 9.93. The van der Waals surface area contributed by atoms with Crippen molar-refractivity contribution in [2.75, 3.05) is 5.32 Å². The summed E-state index contributed by atoms with van der Waals surface area (Å²) in [6, 6.07) is 9.14. The van der Waals surface area contributed by atoms with E-state index in [2.05, 4.69) is 26.2 Å². The summed E-state index contributed by atoms with van der Waals surface area (Å²) in [6.45, 7) is 0. The number of hydrogen-bond donors (Lipinski definition) is 2. The van der Waals surface area contributed by atoms with E-state index < -0.39 is 11.9 Å². The van der Waals surface area contributed by atoms with E-state index in [0.29, 0.717) is 15.2 Å². The standard InChI is InChI=1S/C13H8BrClN2O3/c14-8-5-4-7(15)6-11(8)17-12(18)9-2-1-3-10(16-9)13(19)20/h1-6H,(H,17,18)(H,19,20). The van der Waals surface area contributed by atoms with Gasteiger partial charge in [0.15, 0.2) is 0 Å². The van der Waals surface area contributed by atoms with Gasteiger partial charge >= 0.3 is 5.97 Å². The van der Waals surface area contributed by atoms with Gasteiger partial charge in [0.05, 0.1) is 5.69 Å². The lowest BCUT2D eigenvalue weighted by atomic mass is 10.2. The molecule has 2 N–H and O–H groups in total. The summed E-state index contributed by atoms with van der Waals surface area (Å²) in [5.41, 5.74) is 0.296. The molecular formula is C13H8BrClN2O3. The smallest absolute Gasteiger partial charge is 0.354 e. The summed E-state index contributed by atoms with van der Waals surface area (Å²) in [6.07, 6.45) is 0. The molecule has 0 aliphatic carbocycles. The molecule has 20 heavy (non-hydrogen) atoms. The number of hydrogen-bond acceptors (Lipinski definition) is 3. The molecule has 5 nitrogen and oxygen atoms in total. The van der Waals surface area contributed by atoms with Crippen molar-refractivity contribution in [3.63, 3.8) is 0 Å². The first-order chi connectivity index (χ1) is 9.47. The van der Waals surface area contributed by atoms with Crippen LogP contribution in [-0.2, 0) is 0 Å². The van der Waals surface area contributed by atoms with Crippen LogP contribution in [0, 0.1) is 0 Å². The Balaban J connectivity index is 2.26. The summed E-state index contributed by atoms with van der Waals surface area (Å²) in [4.78, 5) is 26.6. The van der Waals surface area contributed by atoms with Crippen LogP contribution in [0.25, 0.3) is 0 Å². The van der Waals surface area contributed by atoms with Crippen LogP contribution in [-0.4, -0.2) is 22.0 Å². The molecule has 7 heteroatoms. The van der Waals surface area contributed by atoms with Crippen molar-refractivity contribution in [1.82, 2.24) is 4.98 Å². The van der Waals surface area contributed by atoms with Crippen molar-refractivity contribution in [3.8, 4) is 0 Å². The molecule has 0 aliphatic heterocycles. The molecule has 1 aromatic carbocycles. The van der Waals surface area contributed by atoms with E-state index in [0.717, 1.165) is 0 Å². The summed E-state index contributed by atoms with van der Waals surface area (Å²) in [7, 11) is 0. The van der Waals surface area contributed by atoms with Crippen LogP contribution >= 0.6 is 27.5 Å². The summed E-state index contributed by atoms with van der Waals surface area (Å²) < 4.78 is 0.657. The van der Waals surface area contributed by atoms with Crippen LogP contribution < -0.4 is 5.32 Å². The molecule has 1 aromatic heterocycles. The molecule has 0 aliphatic rings. The molecule has 0 saturated heterocycles. The van der Waals surface area contributed by atoms with Crippen LogP contribution in [0.2, 0.25) is 5.02 Å². The van der Waals surface area contributed by atoms with Gasteiger partial charge in [0.1, 0.15) is 11.4 Å². The fraction of sp³-hybridized carbons (Fsp3) is 0. The van der Waals surface area contributed by atoms with Crippen LogP contribution in [0.15, 0.2) is 40.9 Å². The van der Waals surface area contributed by atoms with Gasteiger partial charge < -0.3 is 10.4 Å².